The molecule has 0 spiro atoms. The molecule has 1 saturated heterocycles. The number of morpholine rings is 1. The minimum Gasteiger partial charge on any atom is -0.494 e. The van der Waals surface area contributed by atoms with E-state index in [4.69, 9.17) is 14.2 Å². The number of ether oxygens (including phenoxy) is 3. The van der Waals surface area contributed by atoms with Crippen LogP contribution < -0.4 is 9.64 Å². The summed E-state index contributed by atoms with van der Waals surface area (Å²) in [4.78, 5) is 12.4. The molecular weight excluding hydrogens is 295 g/mol. The van der Waals surface area contributed by atoms with Crippen LogP contribution in [-0.4, -0.2) is 51.0 Å². The Morgan fingerprint density at radius 2 is 2.18 bits per heavy atom. The first-order valence-electron chi connectivity index (χ1n) is 6.87. The van der Waals surface area contributed by atoms with Crippen LogP contribution in [0.1, 0.15) is 6.92 Å². The molecule has 0 aliphatic carbocycles. The van der Waals surface area contributed by atoms with Gasteiger partial charge in [0.2, 0.25) is 0 Å². The second-order valence-corrected chi connectivity index (χ2v) is 5.16. The highest BCUT2D eigenvalue weighted by atomic mass is 19.1. The molecule has 0 saturated carbocycles. The van der Waals surface area contributed by atoms with Crippen LogP contribution in [0.25, 0.3) is 0 Å². The van der Waals surface area contributed by atoms with E-state index in [2.05, 4.69) is 0 Å². The van der Waals surface area contributed by atoms with E-state index in [9.17, 15) is 14.5 Å². The molecule has 0 radical (unpaired) electrons. The molecule has 0 bridgehead atoms. The van der Waals surface area contributed by atoms with Gasteiger partial charge in [0, 0.05) is 26.3 Å². The lowest BCUT2D eigenvalue weighted by Gasteiger charge is -2.37. The summed E-state index contributed by atoms with van der Waals surface area (Å²) >= 11 is 0. The first-order chi connectivity index (χ1) is 10.5. The normalized spacial score (nSPS) is 21.7. The van der Waals surface area contributed by atoms with Crippen LogP contribution >= 0.6 is 0 Å². The van der Waals surface area contributed by atoms with Crippen molar-refractivity contribution in [3.63, 3.8) is 0 Å². The van der Waals surface area contributed by atoms with Gasteiger partial charge in [-0.25, -0.2) is 4.39 Å². The highest BCUT2D eigenvalue weighted by molar-refractivity contribution is 5.66. The van der Waals surface area contributed by atoms with Gasteiger partial charge in [-0.2, -0.15) is 0 Å². The Labute approximate surface area is 127 Å². The van der Waals surface area contributed by atoms with Crippen LogP contribution in [0, 0.1) is 15.9 Å². The molecular formula is C14H19FN2O5. The molecule has 2 rings (SSSR count). The smallest absolute Gasteiger partial charge is 0.295 e. The van der Waals surface area contributed by atoms with Crippen molar-refractivity contribution in [2.24, 2.45) is 0 Å². The van der Waals surface area contributed by atoms with Gasteiger partial charge in [-0.15, -0.1) is 0 Å². The summed E-state index contributed by atoms with van der Waals surface area (Å²) in [5.41, 5.74) is 0.0306. The van der Waals surface area contributed by atoms with Crippen LogP contribution in [-0.2, 0) is 9.47 Å². The average molecular weight is 314 g/mol. The number of benzene rings is 1. The average Bonchev–Trinajstić information content (AvgIpc) is 2.46. The minimum atomic E-state index is -0.757. The number of hydrogen-bond donors (Lipinski definition) is 0. The topological polar surface area (TPSA) is 74.1 Å². The molecule has 22 heavy (non-hydrogen) atoms. The van der Waals surface area contributed by atoms with E-state index < -0.39 is 10.7 Å². The van der Waals surface area contributed by atoms with E-state index in [1.54, 1.807) is 12.0 Å². The molecule has 0 amide bonds. The summed E-state index contributed by atoms with van der Waals surface area (Å²) in [5, 5.41) is 11.2. The maximum Gasteiger partial charge on any atom is 0.295 e. The van der Waals surface area contributed by atoms with Crippen molar-refractivity contribution in [3.8, 4) is 5.75 Å². The first-order valence-corrected chi connectivity index (χ1v) is 6.87. The van der Waals surface area contributed by atoms with Crippen LogP contribution in [0.5, 0.6) is 5.75 Å². The maximum atomic E-state index is 13.7. The molecule has 2 atom stereocenters. The molecule has 7 nitrogen and oxygen atoms in total. The molecule has 1 aromatic rings. The van der Waals surface area contributed by atoms with Crippen molar-refractivity contribution < 1.29 is 23.5 Å². The summed E-state index contributed by atoms with van der Waals surface area (Å²) in [6.45, 7) is 3.15. The van der Waals surface area contributed by atoms with Crippen molar-refractivity contribution in [1.29, 1.82) is 0 Å². The Hall–Kier alpha value is -1.93. The van der Waals surface area contributed by atoms with Crippen molar-refractivity contribution in [1.82, 2.24) is 0 Å². The second kappa shape index (κ2) is 6.89. The van der Waals surface area contributed by atoms with E-state index in [1.165, 1.54) is 13.2 Å². The quantitative estimate of drug-likeness (QED) is 0.611. The van der Waals surface area contributed by atoms with Gasteiger partial charge >= 0.3 is 0 Å². The molecule has 1 aromatic carbocycles. The third-order valence-corrected chi connectivity index (χ3v) is 3.47. The summed E-state index contributed by atoms with van der Waals surface area (Å²) < 4.78 is 29.5. The van der Waals surface area contributed by atoms with Gasteiger partial charge in [-0.05, 0) is 6.92 Å². The van der Waals surface area contributed by atoms with Gasteiger partial charge in [-0.1, -0.05) is 0 Å². The first kappa shape index (κ1) is 16.4. The SMILES string of the molecule is COCC1CN(c2cc(OC)c(F)cc2[N+](=O)[O-])CC(C)O1. The van der Waals surface area contributed by atoms with Gasteiger partial charge in [0.25, 0.3) is 5.69 Å². The molecule has 0 N–H and O–H groups in total. The Kier molecular flexibility index (Phi) is 5.15. The standard InChI is InChI=1S/C14H19FN2O5/c1-9-6-16(7-10(22-9)8-20-2)12-5-14(21-3)11(15)4-13(12)17(18)19/h4-5,9-10H,6-8H2,1-3H3. The van der Waals surface area contributed by atoms with Crippen molar-refractivity contribution in [3.05, 3.63) is 28.1 Å². The van der Waals surface area contributed by atoms with Crippen LogP contribution in [0.3, 0.4) is 0 Å². The van der Waals surface area contributed by atoms with Gasteiger partial charge in [0.1, 0.15) is 5.69 Å². The van der Waals surface area contributed by atoms with Crippen LogP contribution in [0.15, 0.2) is 12.1 Å². The summed E-state index contributed by atoms with van der Waals surface area (Å²) in [6, 6.07) is 2.25. The third kappa shape index (κ3) is 3.45. The van der Waals surface area contributed by atoms with Crippen molar-refractivity contribution in [2.75, 3.05) is 38.8 Å². The van der Waals surface area contributed by atoms with Gasteiger partial charge in [0.15, 0.2) is 11.6 Å². The fraction of sp³-hybridized carbons (Fsp3) is 0.571. The van der Waals surface area contributed by atoms with E-state index in [0.717, 1.165) is 6.07 Å². The van der Waals surface area contributed by atoms with Gasteiger partial charge in [0.05, 0.1) is 36.9 Å². The number of rotatable bonds is 5. The zero-order valence-corrected chi connectivity index (χ0v) is 12.7. The molecule has 1 aliphatic heterocycles. The number of methoxy groups -OCH3 is 2. The highest BCUT2D eigenvalue weighted by Crippen LogP contribution is 2.35. The molecule has 1 fully saturated rings. The Morgan fingerprint density at radius 3 is 2.77 bits per heavy atom. The van der Waals surface area contributed by atoms with Crippen molar-refractivity contribution in [2.45, 2.75) is 19.1 Å². The lowest BCUT2D eigenvalue weighted by atomic mass is 10.1. The van der Waals surface area contributed by atoms with Gasteiger partial charge in [-0.3, -0.25) is 10.1 Å². The molecule has 1 aliphatic rings. The number of anilines is 1. The fourth-order valence-corrected chi connectivity index (χ4v) is 2.61. The number of nitro benzene ring substituents is 1. The summed E-state index contributed by atoms with van der Waals surface area (Å²) in [5.74, 6) is -0.782. The fourth-order valence-electron chi connectivity index (χ4n) is 2.61. The number of hydrogen-bond acceptors (Lipinski definition) is 6. The van der Waals surface area contributed by atoms with Crippen molar-refractivity contribution >= 4 is 11.4 Å². The Balaban J connectivity index is 2.38. The monoisotopic (exact) mass is 314 g/mol. The lowest BCUT2D eigenvalue weighted by Crippen LogP contribution is -2.48. The molecule has 0 aromatic heterocycles. The van der Waals surface area contributed by atoms with E-state index in [0.29, 0.717) is 25.4 Å². The molecule has 122 valence electrons. The summed E-state index contributed by atoms with van der Waals surface area (Å²) in [6.07, 6.45) is -0.325. The lowest BCUT2D eigenvalue weighted by molar-refractivity contribution is -0.384. The largest absolute Gasteiger partial charge is 0.494 e. The van der Waals surface area contributed by atoms with E-state index in [-0.39, 0.29) is 23.6 Å². The zero-order valence-electron chi connectivity index (χ0n) is 12.7. The highest BCUT2D eigenvalue weighted by Gasteiger charge is 2.30. The predicted octanol–water partition coefficient (Wildman–Crippen LogP) is 1.98. The summed E-state index contributed by atoms with van der Waals surface area (Å²) in [7, 11) is 2.89. The second-order valence-electron chi connectivity index (χ2n) is 5.16. The third-order valence-electron chi connectivity index (χ3n) is 3.47. The number of nitrogens with zero attached hydrogens (tertiary/aromatic N) is 2. The molecule has 8 heteroatoms. The number of nitro groups is 1. The Morgan fingerprint density at radius 1 is 1.45 bits per heavy atom. The van der Waals surface area contributed by atoms with E-state index in [1.807, 2.05) is 6.92 Å². The predicted molar refractivity (Wildman–Crippen MR) is 78.0 cm³/mol. The van der Waals surface area contributed by atoms with E-state index >= 15 is 0 Å². The zero-order chi connectivity index (χ0) is 16.3. The maximum absolute atomic E-state index is 13.7. The molecule has 1 heterocycles. The molecule has 2 unspecified atom stereocenters. The van der Waals surface area contributed by atoms with Gasteiger partial charge < -0.3 is 19.1 Å². The Bertz CT molecular complexity index is 554. The van der Waals surface area contributed by atoms with Crippen LogP contribution in [0.4, 0.5) is 15.8 Å². The number of halogens is 1. The minimum absolute atomic E-state index is 0.0250. The van der Waals surface area contributed by atoms with Crippen LogP contribution in [0.2, 0.25) is 0 Å².